The SMILES string of the molecule is COc1ccc2c(c1)OC1(CCN(C(=O)c3sc(C)nc3C)CC1)CC2=O. The molecular formula is C20H22N2O4S. The van der Waals surface area contributed by atoms with E-state index in [0.29, 0.717) is 54.3 Å². The molecule has 1 amide bonds. The zero-order valence-corrected chi connectivity index (χ0v) is 16.5. The fourth-order valence-electron chi connectivity index (χ4n) is 3.87. The molecule has 0 bridgehead atoms. The van der Waals surface area contributed by atoms with Crippen LogP contribution in [0.25, 0.3) is 0 Å². The summed E-state index contributed by atoms with van der Waals surface area (Å²) in [6.07, 6.45) is 1.63. The minimum absolute atomic E-state index is 0.0251. The van der Waals surface area contributed by atoms with Gasteiger partial charge in [-0.15, -0.1) is 11.3 Å². The zero-order valence-electron chi connectivity index (χ0n) is 15.7. The number of ketones is 1. The number of aromatic nitrogens is 1. The molecule has 2 aliphatic heterocycles. The summed E-state index contributed by atoms with van der Waals surface area (Å²) in [5.41, 5.74) is 0.856. The number of Topliss-reactive ketones (excluding diaryl/α,β-unsaturated/α-hetero) is 1. The van der Waals surface area contributed by atoms with E-state index in [1.54, 1.807) is 25.3 Å². The largest absolute Gasteiger partial charge is 0.497 e. The van der Waals surface area contributed by atoms with Crippen molar-refractivity contribution in [3.05, 3.63) is 39.3 Å². The Morgan fingerprint density at radius 3 is 2.67 bits per heavy atom. The zero-order chi connectivity index (χ0) is 19.2. The van der Waals surface area contributed by atoms with Gasteiger partial charge in [0.2, 0.25) is 0 Å². The lowest BCUT2D eigenvalue weighted by atomic mass is 9.82. The van der Waals surface area contributed by atoms with Crippen molar-refractivity contribution in [2.24, 2.45) is 0 Å². The van der Waals surface area contributed by atoms with Crippen LogP contribution in [0.15, 0.2) is 18.2 Å². The number of nitrogens with zero attached hydrogens (tertiary/aromatic N) is 2. The van der Waals surface area contributed by atoms with Gasteiger partial charge in [0.1, 0.15) is 22.0 Å². The average molecular weight is 386 g/mol. The highest BCUT2D eigenvalue weighted by Crippen LogP contribution is 2.41. The number of hydrogen-bond donors (Lipinski definition) is 0. The molecule has 0 radical (unpaired) electrons. The van der Waals surface area contributed by atoms with Gasteiger partial charge in [-0.2, -0.15) is 0 Å². The number of piperidine rings is 1. The maximum absolute atomic E-state index is 12.8. The second-order valence-electron chi connectivity index (χ2n) is 7.19. The number of hydrogen-bond acceptors (Lipinski definition) is 6. The molecule has 0 atom stereocenters. The van der Waals surface area contributed by atoms with E-state index in [0.717, 1.165) is 10.7 Å². The van der Waals surface area contributed by atoms with Gasteiger partial charge < -0.3 is 14.4 Å². The molecule has 27 heavy (non-hydrogen) atoms. The number of thiazole rings is 1. The maximum atomic E-state index is 12.8. The maximum Gasteiger partial charge on any atom is 0.265 e. The van der Waals surface area contributed by atoms with Crippen molar-refractivity contribution < 1.29 is 19.1 Å². The Labute approximate surface area is 162 Å². The first-order valence-electron chi connectivity index (χ1n) is 9.04. The fraction of sp³-hybridized carbons (Fsp3) is 0.450. The smallest absolute Gasteiger partial charge is 0.265 e. The summed E-state index contributed by atoms with van der Waals surface area (Å²) in [5, 5.41) is 0.899. The summed E-state index contributed by atoms with van der Waals surface area (Å²) in [6.45, 7) is 4.92. The molecule has 0 unspecified atom stereocenters. The molecule has 1 fully saturated rings. The first-order valence-corrected chi connectivity index (χ1v) is 9.86. The van der Waals surface area contributed by atoms with Crippen LogP contribution >= 0.6 is 11.3 Å². The van der Waals surface area contributed by atoms with E-state index in [-0.39, 0.29) is 11.7 Å². The van der Waals surface area contributed by atoms with E-state index in [1.165, 1.54) is 11.3 Å². The molecule has 0 saturated carbocycles. The summed E-state index contributed by atoms with van der Waals surface area (Å²) in [4.78, 5) is 32.4. The Kier molecular flexibility index (Phi) is 4.42. The Balaban J connectivity index is 1.50. The van der Waals surface area contributed by atoms with E-state index in [2.05, 4.69) is 4.98 Å². The average Bonchev–Trinajstić information content (AvgIpc) is 2.99. The number of fused-ring (bicyclic) bond motifs is 1. The minimum Gasteiger partial charge on any atom is -0.497 e. The molecule has 1 spiro atoms. The van der Waals surface area contributed by atoms with Crippen LogP contribution in [0.1, 0.15) is 50.0 Å². The molecule has 1 aromatic carbocycles. The van der Waals surface area contributed by atoms with E-state index < -0.39 is 5.60 Å². The number of benzene rings is 1. The standard InChI is InChI=1S/C20H22N2O4S/c1-12-18(27-13(2)21-12)19(24)22-8-6-20(7-9-22)11-16(23)15-5-4-14(25-3)10-17(15)26-20/h4-5,10H,6-9,11H2,1-3H3. The summed E-state index contributed by atoms with van der Waals surface area (Å²) in [7, 11) is 1.59. The molecule has 1 saturated heterocycles. The number of rotatable bonds is 2. The van der Waals surface area contributed by atoms with Gasteiger partial charge in [-0.3, -0.25) is 9.59 Å². The Morgan fingerprint density at radius 2 is 2.04 bits per heavy atom. The highest BCUT2D eigenvalue weighted by Gasteiger charge is 2.44. The number of ether oxygens (including phenoxy) is 2. The van der Waals surface area contributed by atoms with Crippen LogP contribution in [-0.4, -0.2) is 47.4 Å². The van der Waals surface area contributed by atoms with Gasteiger partial charge in [-0.05, 0) is 26.0 Å². The Morgan fingerprint density at radius 1 is 1.30 bits per heavy atom. The Bertz CT molecular complexity index is 913. The van der Waals surface area contributed by atoms with Crippen molar-refractivity contribution >= 4 is 23.0 Å². The van der Waals surface area contributed by atoms with Crippen LogP contribution < -0.4 is 9.47 Å². The van der Waals surface area contributed by atoms with Crippen molar-refractivity contribution in [1.82, 2.24) is 9.88 Å². The first kappa shape index (κ1) is 18.0. The van der Waals surface area contributed by atoms with Crippen LogP contribution in [0.3, 0.4) is 0 Å². The third-order valence-electron chi connectivity index (χ3n) is 5.36. The lowest BCUT2D eigenvalue weighted by Crippen LogP contribution is -2.52. The fourth-order valence-corrected chi connectivity index (χ4v) is 4.76. The third kappa shape index (κ3) is 3.20. The Hall–Kier alpha value is -2.41. The van der Waals surface area contributed by atoms with Crippen molar-refractivity contribution in [3.8, 4) is 11.5 Å². The first-order chi connectivity index (χ1) is 12.9. The number of likely N-dealkylation sites (tertiary alicyclic amines) is 1. The van der Waals surface area contributed by atoms with Crippen LogP contribution in [0, 0.1) is 13.8 Å². The number of methoxy groups -OCH3 is 1. The second kappa shape index (κ2) is 6.64. The van der Waals surface area contributed by atoms with E-state index in [1.807, 2.05) is 18.7 Å². The third-order valence-corrected chi connectivity index (χ3v) is 6.42. The highest BCUT2D eigenvalue weighted by molar-refractivity contribution is 7.13. The number of aryl methyl sites for hydroxylation is 2. The molecule has 2 aliphatic rings. The topological polar surface area (TPSA) is 68.7 Å². The molecule has 4 rings (SSSR count). The molecule has 142 valence electrons. The quantitative estimate of drug-likeness (QED) is 0.791. The summed E-state index contributed by atoms with van der Waals surface area (Å²) in [6, 6.07) is 5.31. The summed E-state index contributed by atoms with van der Waals surface area (Å²) < 4.78 is 11.5. The van der Waals surface area contributed by atoms with Gasteiger partial charge >= 0.3 is 0 Å². The molecular weight excluding hydrogens is 364 g/mol. The van der Waals surface area contributed by atoms with Crippen molar-refractivity contribution in [2.75, 3.05) is 20.2 Å². The van der Waals surface area contributed by atoms with Crippen LogP contribution in [0.4, 0.5) is 0 Å². The predicted octanol–water partition coefficient (Wildman–Crippen LogP) is 3.41. The second-order valence-corrected chi connectivity index (χ2v) is 8.39. The number of carbonyl (C=O) groups is 2. The molecule has 1 aromatic heterocycles. The number of amides is 1. The lowest BCUT2D eigenvalue weighted by Gasteiger charge is -2.43. The highest BCUT2D eigenvalue weighted by atomic mass is 32.1. The predicted molar refractivity (Wildman–Crippen MR) is 102 cm³/mol. The van der Waals surface area contributed by atoms with E-state index in [4.69, 9.17) is 9.47 Å². The van der Waals surface area contributed by atoms with Crippen molar-refractivity contribution in [2.45, 2.75) is 38.7 Å². The van der Waals surface area contributed by atoms with Gasteiger partial charge in [0.15, 0.2) is 5.78 Å². The van der Waals surface area contributed by atoms with Gasteiger partial charge in [0, 0.05) is 32.0 Å². The van der Waals surface area contributed by atoms with Gasteiger partial charge in [0.05, 0.1) is 29.8 Å². The van der Waals surface area contributed by atoms with Crippen LogP contribution in [0.2, 0.25) is 0 Å². The van der Waals surface area contributed by atoms with Crippen LogP contribution in [0.5, 0.6) is 11.5 Å². The van der Waals surface area contributed by atoms with Gasteiger partial charge in [0.25, 0.3) is 5.91 Å². The van der Waals surface area contributed by atoms with Crippen molar-refractivity contribution in [3.63, 3.8) is 0 Å². The van der Waals surface area contributed by atoms with Gasteiger partial charge in [-0.25, -0.2) is 4.98 Å². The minimum atomic E-state index is -0.536. The molecule has 7 heteroatoms. The molecule has 0 N–H and O–H groups in total. The van der Waals surface area contributed by atoms with Gasteiger partial charge in [-0.1, -0.05) is 0 Å². The van der Waals surface area contributed by atoms with E-state index >= 15 is 0 Å². The van der Waals surface area contributed by atoms with E-state index in [9.17, 15) is 9.59 Å². The van der Waals surface area contributed by atoms with Crippen molar-refractivity contribution in [1.29, 1.82) is 0 Å². The molecule has 6 nitrogen and oxygen atoms in total. The van der Waals surface area contributed by atoms with Crippen LogP contribution in [-0.2, 0) is 0 Å². The summed E-state index contributed by atoms with van der Waals surface area (Å²) in [5.74, 6) is 1.37. The monoisotopic (exact) mass is 386 g/mol. The normalized spacial score (nSPS) is 18.2. The molecule has 0 aliphatic carbocycles. The number of carbonyl (C=O) groups excluding carboxylic acids is 2. The summed E-state index contributed by atoms with van der Waals surface area (Å²) >= 11 is 1.44. The lowest BCUT2D eigenvalue weighted by molar-refractivity contribution is -0.00570. The molecule has 3 heterocycles. The molecule has 2 aromatic rings.